The molecule has 0 radical (unpaired) electrons. The first-order valence-electron chi connectivity index (χ1n) is 9.35. The van der Waals surface area contributed by atoms with Crippen LogP contribution < -0.4 is 15.7 Å². The molecular formula is C21H25NO6. The van der Waals surface area contributed by atoms with Crippen LogP contribution in [0.4, 0.5) is 4.79 Å². The Labute approximate surface area is 163 Å². The van der Waals surface area contributed by atoms with Crippen molar-refractivity contribution in [1.29, 1.82) is 0 Å². The van der Waals surface area contributed by atoms with Gasteiger partial charge in [-0.2, -0.15) is 0 Å². The minimum atomic E-state index is -0.908. The van der Waals surface area contributed by atoms with Crippen molar-refractivity contribution in [1.82, 2.24) is 5.32 Å². The van der Waals surface area contributed by atoms with E-state index >= 15 is 0 Å². The van der Waals surface area contributed by atoms with Gasteiger partial charge < -0.3 is 19.2 Å². The fourth-order valence-corrected chi connectivity index (χ4v) is 3.33. The fraction of sp³-hybridized carbons (Fsp3) is 0.476. The number of hydrogen-bond donors (Lipinski definition) is 1. The molecule has 7 heteroatoms. The highest BCUT2D eigenvalue weighted by atomic mass is 16.6. The van der Waals surface area contributed by atoms with E-state index in [1.54, 1.807) is 32.9 Å². The summed E-state index contributed by atoms with van der Waals surface area (Å²) < 4.78 is 16.2. The van der Waals surface area contributed by atoms with Crippen molar-refractivity contribution in [3.05, 3.63) is 39.2 Å². The van der Waals surface area contributed by atoms with Crippen LogP contribution in [-0.4, -0.2) is 23.7 Å². The average Bonchev–Trinajstić information content (AvgIpc) is 3.02. The smallest absolute Gasteiger partial charge is 0.408 e. The summed E-state index contributed by atoms with van der Waals surface area (Å²) in [4.78, 5) is 36.6. The highest BCUT2D eigenvalue weighted by Crippen LogP contribution is 2.35. The molecule has 0 fully saturated rings. The first-order chi connectivity index (χ1) is 13.0. The lowest BCUT2D eigenvalue weighted by atomic mass is 10.0. The summed E-state index contributed by atoms with van der Waals surface area (Å²) in [6.45, 7) is 8.57. The van der Waals surface area contributed by atoms with Crippen molar-refractivity contribution < 1.29 is 23.5 Å². The highest BCUT2D eigenvalue weighted by Gasteiger charge is 2.26. The Hall–Kier alpha value is -2.83. The van der Waals surface area contributed by atoms with Gasteiger partial charge in [-0.25, -0.2) is 14.4 Å². The zero-order valence-electron chi connectivity index (χ0n) is 16.8. The SMILES string of the molecule is Cc1cc(OC(=O)C(C)NC(=O)OC(C)(C)C)c2c3c(c(=O)oc2c1)CCC3. The number of rotatable bonds is 3. The lowest BCUT2D eigenvalue weighted by Crippen LogP contribution is -2.43. The van der Waals surface area contributed by atoms with Gasteiger partial charge in [0.1, 0.15) is 23.0 Å². The van der Waals surface area contributed by atoms with Gasteiger partial charge in [0.2, 0.25) is 0 Å². The lowest BCUT2D eigenvalue weighted by molar-refractivity contribution is -0.136. The first kappa shape index (κ1) is 19.9. The van der Waals surface area contributed by atoms with E-state index in [0.29, 0.717) is 28.7 Å². The van der Waals surface area contributed by atoms with Gasteiger partial charge in [0.05, 0.1) is 5.39 Å². The van der Waals surface area contributed by atoms with Crippen LogP contribution in [-0.2, 0) is 22.4 Å². The molecule has 0 bridgehead atoms. The summed E-state index contributed by atoms with van der Waals surface area (Å²) in [5.74, 6) is -0.296. The van der Waals surface area contributed by atoms with E-state index in [1.807, 2.05) is 6.92 Å². The maximum atomic E-state index is 12.6. The Morgan fingerprint density at radius 3 is 2.54 bits per heavy atom. The van der Waals surface area contributed by atoms with Crippen molar-refractivity contribution in [3.63, 3.8) is 0 Å². The first-order valence-corrected chi connectivity index (χ1v) is 9.35. The Kier molecular flexibility index (Phi) is 5.19. The molecule has 28 heavy (non-hydrogen) atoms. The van der Waals surface area contributed by atoms with E-state index in [0.717, 1.165) is 24.0 Å². The molecule has 2 aromatic rings. The van der Waals surface area contributed by atoms with Crippen LogP contribution in [0.25, 0.3) is 11.0 Å². The number of aryl methyl sites for hydroxylation is 2. The largest absolute Gasteiger partial charge is 0.444 e. The number of hydrogen-bond acceptors (Lipinski definition) is 6. The van der Waals surface area contributed by atoms with Crippen LogP contribution in [0.15, 0.2) is 21.3 Å². The quantitative estimate of drug-likeness (QED) is 0.493. The second-order valence-corrected chi connectivity index (χ2v) is 8.13. The minimum Gasteiger partial charge on any atom is -0.444 e. The summed E-state index contributed by atoms with van der Waals surface area (Å²) in [5.41, 5.74) is 1.72. The number of carbonyl (C=O) groups is 2. The van der Waals surface area contributed by atoms with Crippen molar-refractivity contribution in [3.8, 4) is 5.75 Å². The molecule has 1 atom stereocenters. The molecule has 1 aliphatic rings. The van der Waals surface area contributed by atoms with E-state index < -0.39 is 23.7 Å². The zero-order valence-corrected chi connectivity index (χ0v) is 16.8. The number of esters is 1. The number of ether oxygens (including phenoxy) is 2. The van der Waals surface area contributed by atoms with Gasteiger partial charge in [-0.15, -0.1) is 0 Å². The van der Waals surface area contributed by atoms with Gasteiger partial charge in [-0.1, -0.05) is 0 Å². The van der Waals surface area contributed by atoms with E-state index in [4.69, 9.17) is 13.9 Å². The molecule has 1 aliphatic carbocycles. The van der Waals surface area contributed by atoms with E-state index in [2.05, 4.69) is 5.32 Å². The molecule has 7 nitrogen and oxygen atoms in total. The van der Waals surface area contributed by atoms with Crippen LogP contribution in [0, 0.1) is 6.92 Å². The summed E-state index contributed by atoms with van der Waals surface area (Å²) in [6, 6.07) is 2.59. The highest BCUT2D eigenvalue weighted by molar-refractivity contribution is 5.92. The molecular weight excluding hydrogens is 362 g/mol. The van der Waals surface area contributed by atoms with Gasteiger partial charge in [0, 0.05) is 5.56 Å². The van der Waals surface area contributed by atoms with Crippen LogP contribution in [0.5, 0.6) is 5.75 Å². The van der Waals surface area contributed by atoms with Crippen LogP contribution in [0.3, 0.4) is 0 Å². The predicted octanol–water partition coefficient (Wildman–Crippen LogP) is 3.41. The molecule has 0 aliphatic heterocycles. The van der Waals surface area contributed by atoms with Gasteiger partial charge in [0.15, 0.2) is 0 Å². The second-order valence-electron chi connectivity index (χ2n) is 8.13. The number of benzene rings is 1. The van der Waals surface area contributed by atoms with Gasteiger partial charge in [0.25, 0.3) is 0 Å². The molecule has 0 saturated carbocycles. The number of alkyl carbamates (subject to hydrolysis) is 1. The molecule has 3 rings (SSSR count). The molecule has 0 spiro atoms. The maximum Gasteiger partial charge on any atom is 0.408 e. The number of fused-ring (bicyclic) bond motifs is 3. The summed E-state index contributed by atoms with van der Waals surface area (Å²) in [5, 5.41) is 3.12. The van der Waals surface area contributed by atoms with Gasteiger partial charge in [-0.05, 0) is 77.1 Å². The van der Waals surface area contributed by atoms with Gasteiger partial charge >= 0.3 is 17.7 Å². The monoisotopic (exact) mass is 387 g/mol. The predicted molar refractivity (Wildman–Crippen MR) is 104 cm³/mol. The standard InChI is InChI=1S/C21H25NO6/c1-11-9-15(26-18(23)12(2)22-20(25)28-21(3,4)5)17-13-7-6-8-14(13)19(24)27-16(17)10-11/h9-10,12H,6-8H2,1-5H3,(H,22,25). The van der Waals surface area contributed by atoms with Crippen molar-refractivity contribution in [2.45, 2.75) is 65.5 Å². The zero-order chi connectivity index (χ0) is 20.6. The molecule has 1 aromatic heterocycles. The number of carbonyl (C=O) groups excluding carboxylic acids is 2. The molecule has 1 N–H and O–H groups in total. The number of nitrogens with one attached hydrogen (secondary N) is 1. The molecule has 150 valence electrons. The third-order valence-electron chi connectivity index (χ3n) is 4.48. The Balaban J connectivity index is 1.88. The van der Waals surface area contributed by atoms with Crippen molar-refractivity contribution in [2.24, 2.45) is 0 Å². The fourth-order valence-electron chi connectivity index (χ4n) is 3.33. The minimum absolute atomic E-state index is 0.331. The Bertz CT molecular complexity index is 999. The third-order valence-corrected chi connectivity index (χ3v) is 4.48. The third kappa shape index (κ3) is 4.18. The second kappa shape index (κ2) is 7.30. The van der Waals surface area contributed by atoms with Gasteiger partial charge in [-0.3, -0.25) is 0 Å². The van der Waals surface area contributed by atoms with E-state index in [9.17, 15) is 14.4 Å². The number of amides is 1. The lowest BCUT2D eigenvalue weighted by Gasteiger charge is -2.21. The summed E-state index contributed by atoms with van der Waals surface area (Å²) in [6.07, 6.45) is 1.55. The van der Waals surface area contributed by atoms with Crippen LogP contribution in [0.1, 0.15) is 50.8 Å². The summed E-state index contributed by atoms with van der Waals surface area (Å²) in [7, 11) is 0. The Morgan fingerprint density at radius 1 is 1.18 bits per heavy atom. The summed E-state index contributed by atoms with van der Waals surface area (Å²) >= 11 is 0. The van der Waals surface area contributed by atoms with E-state index in [-0.39, 0.29) is 5.63 Å². The van der Waals surface area contributed by atoms with Crippen molar-refractivity contribution >= 4 is 23.0 Å². The Morgan fingerprint density at radius 2 is 1.86 bits per heavy atom. The molecule has 0 saturated heterocycles. The normalized spacial score (nSPS) is 14.5. The molecule has 1 unspecified atom stereocenters. The van der Waals surface area contributed by atoms with Crippen LogP contribution >= 0.6 is 0 Å². The van der Waals surface area contributed by atoms with E-state index in [1.165, 1.54) is 6.92 Å². The topological polar surface area (TPSA) is 94.8 Å². The molecule has 1 amide bonds. The maximum absolute atomic E-state index is 12.6. The molecule has 1 heterocycles. The van der Waals surface area contributed by atoms with Crippen LogP contribution in [0.2, 0.25) is 0 Å². The average molecular weight is 387 g/mol. The molecule has 1 aromatic carbocycles. The van der Waals surface area contributed by atoms with Crippen molar-refractivity contribution in [2.75, 3.05) is 0 Å².